The molecular formula is C20H19N. The fourth-order valence-corrected chi connectivity index (χ4v) is 2.51. The maximum atomic E-state index is 3.32. The second-order valence-corrected chi connectivity index (χ2v) is 5.23. The Labute approximate surface area is 126 Å². The average Bonchev–Trinajstić information content (AvgIpc) is 3.06. The highest BCUT2D eigenvalue weighted by Gasteiger charge is 2.05. The summed E-state index contributed by atoms with van der Waals surface area (Å²) in [6, 6.07) is 18.6. The largest absolute Gasteiger partial charge is 0.377 e. The Hall–Kier alpha value is -2.46. The predicted octanol–water partition coefficient (Wildman–Crippen LogP) is 3.85. The van der Waals surface area contributed by atoms with E-state index in [2.05, 4.69) is 53.3 Å². The van der Waals surface area contributed by atoms with Gasteiger partial charge in [-0.15, -0.1) is 0 Å². The molecule has 0 saturated heterocycles. The van der Waals surface area contributed by atoms with Crippen LogP contribution in [0.25, 0.3) is 0 Å². The summed E-state index contributed by atoms with van der Waals surface area (Å²) in [5.74, 6) is 6.57. The lowest BCUT2D eigenvalue weighted by Crippen LogP contribution is -2.17. The number of nitrogens with zero attached hydrogens (tertiary/aromatic N) is 1. The van der Waals surface area contributed by atoms with Crippen LogP contribution in [0.1, 0.15) is 23.1 Å². The van der Waals surface area contributed by atoms with E-state index in [-0.39, 0.29) is 0 Å². The van der Waals surface area contributed by atoms with Gasteiger partial charge >= 0.3 is 0 Å². The predicted molar refractivity (Wildman–Crippen MR) is 87.9 cm³/mol. The topological polar surface area (TPSA) is 3.24 Å². The molecule has 3 rings (SSSR count). The van der Waals surface area contributed by atoms with E-state index >= 15 is 0 Å². The molecule has 2 aromatic rings. The first-order valence-corrected chi connectivity index (χ1v) is 7.47. The van der Waals surface area contributed by atoms with Crippen LogP contribution in [0.4, 0.5) is 0 Å². The van der Waals surface area contributed by atoms with E-state index in [1.54, 1.807) is 0 Å². The van der Waals surface area contributed by atoms with E-state index < -0.39 is 0 Å². The van der Waals surface area contributed by atoms with Gasteiger partial charge in [0, 0.05) is 24.2 Å². The molecule has 0 atom stereocenters. The lowest BCUT2D eigenvalue weighted by molar-refractivity contribution is 0.411. The molecule has 0 spiro atoms. The Morgan fingerprint density at radius 3 is 2.52 bits per heavy atom. The first kappa shape index (κ1) is 13.5. The molecule has 1 aliphatic heterocycles. The first-order valence-electron chi connectivity index (χ1n) is 7.47. The molecule has 0 bridgehead atoms. The molecule has 104 valence electrons. The van der Waals surface area contributed by atoms with Crippen molar-refractivity contribution in [2.75, 3.05) is 13.1 Å². The summed E-state index contributed by atoms with van der Waals surface area (Å²) >= 11 is 0. The van der Waals surface area contributed by atoms with Crippen LogP contribution in [-0.4, -0.2) is 18.0 Å². The lowest BCUT2D eigenvalue weighted by atomic mass is 10.0. The molecule has 0 aromatic heterocycles. The van der Waals surface area contributed by atoms with E-state index in [9.17, 15) is 0 Å². The van der Waals surface area contributed by atoms with E-state index in [1.165, 1.54) is 12.0 Å². The summed E-state index contributed by atoms with van der Waals surface area (Å²) in [4.78, 5) is 2.38. The highest BCUT2D eigenvalue weighted by molar-refractivity contribution is 5.46. The molecule has 0 radical (unpaired) electrons. The molecule has 0 fully saturated rings. The lowest BCUT2D eigenvalue weighted by Gasteiger charge is -2.15. The normalized spacial score (nSPS) is 13.0. The van der Waals surface area contributed by atoms with Gasteiger partial charge in [0.25, 0.3) is 0 Å². The minimum Gasteiger partial charge on any atom is -0.377 e. The monoisotopic (exact) mass is 273 g/mol. The maximum absolute atomic E-state index is 3.32. The van der Waals surface area contributed by atoms with Crippen molar-refractivity contribution in [3.63, 3.8) is 0 Å². The molecule has 0 unspecified atom stereocenters. The number of hydrogen-bond acceptors (Lipinski definition) is 1. The SMILES string of the molecule is C(#Cc1ccccc1CCN1C=CCC1)c1ccccc1. The summed E-state index contributed by atoms with van der Waals surface area (Å²) in [5, 5.41) is 0. The third kappa shape index (κ3) is 3.77. The van der Waals surface area contributed by atoms with Crippen LogP contribution in [0.3, 0.4) is 0 Å². The van der Waals surface area contributed by atoms with Crippen molar-refractivity contribution in [1.29, 1.82) is 0 Å². The van der Waals surface area contributed by atoms with Crippen molar-refractivity contribution < 1.29 is 0 Å². The molecule has 0 N–H and O–H groups in total. The Bertz CT molecular complexity index is 674. The van der Waals surface area contributed by atoms with E-state index in [4.69, 9.17) is 0 Å². The van der Waals surface area contributed by atoms with Gasteiger partial charge in [-0.3, -0.25) is 0 Å². The molecule has 1 nitrogen and oxygen atoms in total. The van der Waals surface area contributed by atoms with Crippen LogP contribution < -0.4 is 0 Å². The van der Waals surface area contributed by atoms with Gasteiger partial charge in [0.2, 0.25) is 0 Å². The smallest absolute Gasteiger partial charge is 0.0281 e. The van der Waals surface area contributed by atoms with Crippen LogP contribution >= 0.6 is 0 Å². The van der Waals surface area contributed by atoms with Crippen LogP contribution in [0, 0.1) is 11.8 Å². The zero-order valence-corrected chi connectivity index (χ0v) is 12.1. The van der Waals surface area contributed by atoms with Crippen molar-refractivity contribution in [3.05, 3.63) is 83.6 Å². The van der Waals surface area contributed by atoms with Gasteiger partial charge in [-0.1, -0.05) is 54.3 Å². The summed E-state index contributed by atoms with van der Waals surface area (Å²) in [7, 11) is 0. The Kier molecular flexibility index (Phi) is 4.39. The minimum absolute atomic E-state index is 1.05. The fraction of sp³-hybridized carbons (Fsp3) is 0.200. The van der Waals surface area contributed by atoms with Gasteiger partial charge in [-0.25, -0.2) is 0 Å². The third-order valence-electron chi connectivity index (χ3n) is 3.70. The maximum Gasteiger partial charge on any atom is 0.0281 e. The van der Waals surface area contributed by atoms with Crippen molar-refractivity contribution in [3.8, 4) is 11.8 Å². The van der Waals surface area contributed by atoms with Crippen molar-refractivity contribution in [2.45, 2.75) is 12.8 Å². The second-order valence-electron chi connectivity index (χ2n) is 5.23. The zero-order valence-electron chi connectivity index (χ0n) is 12.1. The highest BCUT2D eigenvalue weighted by atomic mass is 15.1. The third-order valence-corrected chi connectivity index (χ3v) is 3.70. The zero-order chi connectivity index (χ0) is 14.3. The molecule has 0 amide bonds. The summed E-state index contributed by atoms with van der Waals surface area (Å²) < 4.78 is 0. The Balaban J connectivity index is 1.73. The van der Waals surface area contributed by atoms with Crippen molar-refractivity contribution in [1.82, 2.24) is 4.90 Å². The van der Waals surface area contributed by atoms with Gasteiger partial charge in [-0.05, 0) is 42.8 Å². The minimum atomic E-state index is 1.05. The molecule has 0 saturated carbocycles. The Morgan fingerprint density at radius 1 is 0.905 bits per heavy atom. The first-order chi connectivity index (χ1) is 10.4. The summed E-state index contributed by atoms with van der Waals surface area (Å²) in [6.45, 7) is 2.22. The van der Waals surface area contributed by atoms with E-state index in [0.29, 0.717) is 0 Å². The second kappa shape index (κ2) is 6.81. The molecule has 2 aromatic carbocycles. The van der Waals surface area contributed by atoms with Crippen molar-refractivity contribution in [2.24, 2.45) is 0 Å². The molecule has 1 aliphatic rings. The number of rotatable bonds is 3. The summed E-state index contributed by atoms with van der Waals surface area (Å²) in [6.07, 6.45) is 6.67. The van der Waals surface area contributed by atoms with E-state index in [1.807, 2.05) is 30.3 Å². The molecule has 1 heteroatoms. The quantitative estimate of drug-likeness (QED) is 0.768. The molecule has 21 heavy (non-hydrogen) atoms. The molecular weight excluding hydrogens is 254 g/mol. The standard InChI is InChI=1S/C20H19N/c1-2-8-18(9-3-1)12-13-19-10-4-5-11-20(19)14-17-21-15-6-7-16-21/h1-6,8-11,15H,7,14,16-17H2. The average molecular weight is 273 g/mol. The number of hydrogen-bond donors (Lipinski definition) is 0. The van der Waals surface area contributed by atoms with Crippen LogP contribution in [-0.2, 0) is 6.42 Å². The van der Waals surface area contributed by atoms with Crippen LogP contribution in [0.5, 0.6) is 0 Å². The van der Waals surface area contributed by atoms with Crippen LogP contribution in [0.15, 0.2) is 66.9 Å². The van der Waals surface area contributed by atoms with Gasteiger partial charge in [0.15, 0.2) is 0 Å². The van der Waals surface area contributed by atoms with Gasteiger partial charge in [0.1, 0.15) is 0 Å². The van der Waals surface area contributed by atoms with Crippen molar-refractivity contribution >= 4 is 0 Å². The molecule has 0 aliphatic carbocycles. The number of benzene rings is 2. The van der Waals surface area contributed by atoms with Gasteiger partial charge in [-0.2, -0.15) is 0 Å². The highest BCUT2D eigenvalue weighted by Crippen LogP contribution is 2.11. The van der Waals surface area contributed by atoms with Gasteiger partial charge < -0.3 is 4.90 Å². The Morgan fingerprint density at radius 2 is 1.71 bits per heavy atom. The molecule has 1 heterocycles. The van der Waals surface area contributed by atoms with E-state index in [0.717, 1.165) is 30.6 Å². The van der Waals surface area contributed by atoms with Gasteiger partial charge in [0.05, 0.1) is 0 Å². The van der Waals surface area contributed by atoms with Crippen LogP contribution in [0.2, 0.25) is 0 Å². The fourth-order valence-electron chi connectivity index (χ4n) is 2.51. The summed E-state index contributed by atoms with van der Waals surface area (Å²) in [5.41, 5.74) is 3.54.